The summed E-state index contributed by atoms with van der Waals surface area (Å²) < 4.78 is 5.49. The van der Waals surface area contributed by atoms with Crippen molar-refractivity contribution in [2.45, 2.75) is 11.3 Å². The van der Waals surface area contributed by atoms with Crippen LogP contribution in [0.2, 0.25) is 0 Å². The zero-order valence-electron chi connectivity index (χ0n) is 11.9. The molecule has 0 amide bonds. The zero-order chi connectivity index (χ0) is 15.1. The quantitative estimate of drug-likeness (QED) is 0.630. The molecule has 0 saturated carbocycles. The minimum atomic E-state index is -0.0397. The van der Waals surface area contributed by atoms with E-state index >= 15 is 0 Å². The molecule has 0 saturated heterocycles. The number of carbonyl (C=O) groups is 1. The highest BCUT2D eigenvalue weighted by molar-refractivity contribution is 7.98. The Morgan fingerprint density at radius 3 is 2.33 bits per heavy atom. The Labute approximate surface area is 129 Å². The van der Waals surface area contributed by atoms with Crippen LogP contribution in [-0.2, 0) is 6.42 Å². The fourth-order valence-electron chi connectivity index (χ4n) is 1.89. The van der Waals surface area contributed by atoms with Crippen LogP contribution in [0.1, 0.15) is 15.9 Å². The van der Waals surface area contributed by atoms with E-state index in [0.29, 0.717) is 17.7 Å². The summed E-state index contributed by atoms with van der Waals surface area (Å²) in [5.41, 5.74) is 1.70. The first-order valence-corrected chi connectivity index (χ1v) is 7.95. The van der Waals surface area contributed by atoms with E-state index in [1.165, 1.54) is 0 Å². The van der Waals surface area contributed by atoms with Gasteiger partial charge in [0, 0.05) is 17.1 Å². The lowest BCUT2D eigenvalue weighted by Gasteiger charge is -2.07. The number of rotatable bonds is 7. The Morgan fingerprint density at radius 2 is 1.76 bits per heavy atom. The van der Waals surface area contributed by atoms with E-state index in [9.17, 15) is 4.79 Å². The number of hydrogen-bond acceptors (Lipinski definition) is 4. The number of Topliss-reactive ketones (excluding diaryl/α,β-unsaturated/α-hetero) is 1. The van der Waals surface area contributed by atoms with Gasteiger partial charge in [-0.15, -0.1) is 11.8 Å². The number of aliphatic hydroxyl groups is 1. The Morgan fingerprint density at radius 1 is 1.10 bits per heavy atom. The first-order valence-electron chi connectivity index (χ1n) is 6.73. The van der Waals surface area contributed by atoms with Gasteiger partial charge in [-0.25, -0.2) is 0 Å². The molecule has 0 radical (unpaired) electrons. The predicted molar refractivity (Wildman–Crippen MR) is 85.3 cm³/mol. The maximum atomic E-state index is 12.0. The van der Waals surface area contributed by atoms with Crippen LogP contribution in [-0.4, -0.2) is 30.4 Å². The van der Waals surface area contributed by atoms with Gasteiger partial charge in [-0.2, -0.15) is 0 Å². The Bertz CT molecular complexity index is 576. The number of thioether (sulfide) groups is 1. The van der Waals surface area contributed by atoms with Crippen molar-refractivity contribution in [3.05, 3.63) is 59.7 Å². The van der Waals surface area contributed by atoms with Crippen molar-refractivity contribution in [1.82, 2.24) is 0 Å². The first-order chi connectivity index (χ1) is 10.2. The van der Waals surface area contributed by atoms with Gasteiger partial charge in [0.1, 0.15) is 5.75 Å². The van der Waals surface area contributed by atoms with Gasteiger partial charge in [-0.1, -0.05) is 24.3 Å². The molecule has 4 heteroatoms. The molecule has 21 heavy (non-hydrogen) atoms. The molecular formula is C17H18O3S. The molecule has 0 unspecified atom stereocenters. The van der Waals surface area contributed by atoms with Gasteiger partial charge in [0.15, 0.2) is 12.4 Å². The minimum absolute atomic E-state index is 0.0258. The molecule has 2 aromatic carbocycles. The maximum absolute atomic E-state index is 12.0. The van der Waals surface area contributed by atoms with Crippen molar-refractivity contribution in [2.24, 2.45) is 0 Å². The highest BCUT2D eigenvalue weighted by Gasteiger charge is 2.07. The van der Waals surface area contributed by atoms with Crippen LogP contribution in [0, 0.1) is 0 Å². The third kappa shape index (κ3) is 4.62. The summed E-state index contributed by atoms with van der Waals surface area (Å²) in [6.07, 6.45) is 2.63. The van der Waals surface area contributed by atoms with Gasteiger partial charge < -0.3 is 9.84 Å². The molecule has 0 aliphatic rings. The molecule has 0 bridgehead atoms. The smallest absolute Gasteiger partial charge is 0.200 e. The van der Waals surface area contributed by atoms with Crippen molar-refractivity contribution in [3.8, 4) is 5.75 Å². The minimum Gasteiger partial charge on any atom is -0.485 e. The lowest BCUT2D eigenvalue weighted by atomic mass is 10.1. The van der Waals surface area contributed by atoms with E-state index in [1.807, 2.05) is 54.8 Å². The second-order valence-electron chi connectivity index (χ2n) is 4.56. The van der Waals surface area contributed by atoms with Crippen LogP contribution in [0.5, 0.6) is 5.75 Å². The van der Waals surface area contributed by atoms with Crippen LogP contribution in [0.3, 0.4) is 0 Å². The lowest BCUT2D eigenvalue weighted by Crippen LogP contribution is -2.11. The topological polar surface area (TPSA) is 46.5 Å². The molecule has 2 rings (SSSR count). The van der Waals surface area contributed by atoms with Gasteiger partial charge in [0.25, 0.3) is 0 Å². The third-order valence-corrected chi connectivity index (χ3v) is 3.85. The van der Waals surface area contributed by atoms with Crippen molar-refractivity contribution < 1.29 is 14.6 Å². The number of aliphatic hydroxyl groups excluding tert-OH is 1. The maximum Gasteiger partial charge on any atom is 0.200 e. The van der Waals surface area contributed by atoms with Gasteiger partial charge in [0.2, 0.25) is 0 Å². The average molecular weight is 302 g/mol. The zero-order valence-corrected chi connectivity index (χ0v) is 12.7. The summed E-state index contributed by atoms with van der Waals surface area (Å²) in [6.45, 7) is 0.155. The van der Waals surface area contributed by atoms with E-state index in [1.54, 1.807) is 11.8 Å². The summed E-state index contributed by atoms with van der Waals surface area (Å²) in [5.74, 6) is 0.618. The summed E-state index contributed by atoms with van der Waals surface area (Å²) in [6, 6.07) is 14.9. The van der Waals surface area contributed by atoms with Crippen molar-refractivity contribution in [1.29, 1.82) is 0 Å². The molecule has 0 aromatic heterocycles. The Hall–Kier alpha value is -1.78. The average Bonchev–Trinajstić information content (AvgIpc) is 2.54. The molecule has 0 aliphatic heterocycles. The molecule has 0 heterocycles. The van der Waals surface area contributed by atoms with Crippen LogP contribution in [0.15, 0.2) is 53.4 Å². The number of benzene rings is 2. The van der Waals surface area contributed by atoms with Crippen LogP contribution in [0.25, 0.3) is 0 Å². The SMILES string of the molecule is CSc1ccc(C(=O)COc2ccc(CCO)cc2)cc1. The lowest BCUT2D eigenvalue weighted by molar-refractivity contribution is 0.0921. The second-order valence-corrected chi connectivity index (χ2v) is 5.44. The highest BCUT2D eigenvalue weighted by atomic mass is 32.2. The third-order valence-electron chi connectivity index (χ3n) is 3.11. The number of carbonyl (C=O) groups excluding carboxylic acids is 1. The molecule has 0 spiro atoms. The van der Waals surface area contributed by atoms with Crippen LogP contribution >= 0.6 is 11.8 Å². The monoisotopic (exact) mass is 302 g/mol. The van der Waals surface area contributed by atoms with E-state index in [0.717, 1.165) is 10.5 Å². The van der Waals surface area contributed by atoms with Crippen molar-refractivity contribution in [3.63, 3.8) is 0 Å². The fourth-order valence-corrected chi connectivity index (χ4v) is 2.30. The molecule has 0 aliphatic carbocycles. The first kappa shape index (κ1) is 15.6. The van der Waals surface area contributed by atoms with Gasteiger partial charge in [-0.05, 0) is 42.5 Å². The van der Waals surface area contributed by atoms with Gasteiger partial charge in [-0.3, -0.25) is 4.79 Å². The van der Waals surface area contributed by atoms with E-state index < -0.39 is 0 Å². The van der Waals surface area contributed by atoms with E-state index in [4.69, 9.17) is 9.84 Å². The number of ketones is 1. The molecule has 0 atom stereocenters. The standard InChI is InChI=1S/C17H18O3S/c1-21-16-8-4-14(5-9-16)17(19)12-20-15-6-2-13(3-7-15)10-11-18/h2-9,18H,10-12H2,1H3. The highest BCUT2D eigenvalue weighted by Crippen LogP contribution is 2.16. The molecule has 3 nitrogen and oxygen atoms in total. The molecular weight excluding hydrogens is 284 g/mol. The fraction of sp³-hybridized carbons (Fsp3) is 0.235. The van der Waals surface area contributed by atoms with Crippen LogP contribution in [0.4, 0.5) is 0 Å². The van der Waals surface area contributed by atoms with Crippen molar-refractivity contribution >= 4 is 17.5 Å². The van der Waals surface area contributed by atoms with Crippen LogP contribution < -0.4 is 4.74 Å². The summed E-state index contributed by atoms with van der Waals surface area (Å²) in [7, 11) is 0. The summed E-state index contributed by atoms with van der Waals surface area (Å²) >= 11 is 1.64. The summed E-state index contributed by atoms with van der Waals surface area (Å²) in [5, 5.41) is 8.85. The van der Waals surface area contributed by atoms with Gasteiger partial charge in [0.05, 0.1) is 0 Å². The van der Waals surface area contributed by atoms with Crippen molar-refractivity contribution in [2.75, 3.05) is 19.5 Å². The Balaban J connectivity index is 1.90. The summed E-state index contributed by atoms with van der Waals surface area (Å²) in [4.78, 5) is 13.2. The second kappa shape index (κ2) is 7.86. The number of ether oxygens (including phenoxy) is 1. The van der Waals surface area contributed by atoms with Gasteiger partial charge >= 0.3 is 0 Å². The molecule has 110 valence electrons. The Kier molecular flexibility index (Phi) is 5.84. The predicted octanol–water partition coefficient (Wildman–Crippen LogP) is 3.21. The van der Waals surface area contributed by atoms with E-state index in [2.05, 4.69) is 0 Å². The molecule has 2 aromatic rings. The largest absolute Gasteiger partial charge is 0.485 e. The number of hydrogen-bond donors (Lipinski definition) is 1. The normalized spacial score (nSPS) is 10.4. The molecule has 1 N–H and O–H groups in total. The molecule has 0 fully saturated rings. The van der Waals surface area contributed by atoms with E-state index in [-0.39, 0.29) is 19.0 Å².